The molecule has 0 aliphatic heterocycles. The van der Waals surface area contributed by atoms with Crippen molar-refractivity contribution in [2.45, 2.75) is 37.7 Å². The zero-order valence-electron chi connectivity index (χ0n) is 15.0. The molecule has 6 heteroatoms. The highest BCUT2D eigenvalue weighted by Crippen LogP contribution is 2.15. The Labute approximate surface area is 154 Å². The second-order valence-corrected chi connectivity index (χ2v) is 8.75. The van der Waals surface area contributed by atoms with Gasteiger partial charge in [0.1, 0.15) is 11.3 Å². The first-order valence-electron chi connectivity index (χ1n) is 8.13. The van der Waals surface area contributed by atoms with Gasteiger partial charge in [0.25, 0.3) is 0 Å². The maximum atomic E-state index is 12.3. The summed E-state index contributed by atoms with van der Waals surface area (Å²) in [7, 11) is -3.56. The molecule has 0 fully saturated rings. The first-order valence-corrected chi connectivity index (χ1v) is 9.79. The van der Waals surface area contributed by atoms with E-state index in [1.54, 1.807) is 45.2 Å². The van der Waals surface area contributed by atoms with Gasteiger partial charge < -0.3 is 4.74 Å². The number of hydrogen-bond acceptors (Lipinski definition) is 5. The number of pyridine rings is 1. The van der Waals surface area contributed by atoms with Crippen molar-refractivity contribution >= 4 is 15.8 Å². The maximum absolute atomic E-state index is 12.3. The van der Waals surface area contributed by atoms with E-state index in [0.717, 1.165) is 0 Å². The lowest BCUT2D eigenvalue weighted by Crippen LogP contribution is -2.25. The number of carbonyl (C=O) groups is 1. The fourth-order valence-electron chi connectivity index (χ4n) is 2.05. The van der Waals surface area contributed by atoms with Crippen molar-refractivity contribution in [1.82, 2.24) is 4.98 Å². The Morgan fingerprint density at radius 1 is 1.08 bits per heavy atom. The Balaban J connectivity index is 2.02. The highest BCUT2D eigenvalue weighted by Gasteiger charge is 2.20. The maximum Gasteiger partial charge on any atom is 0.307 e. The number of rotatable bonds is 4. The van der Waals surface area contributed by atoms with E-state index >= 15 is 0 Å². The van der Waals surface area contributed by atoms with Crippen LogP contribution in [0.1, 0.15) is 38.4 Å². The van der Waals surface area contributed by atoms with Gasteiger partial charge in [-0.25, -0.2) is 13.4 Å². The molecule has 0 radical (unpaired) electrons. The molecule has 1 heterocycles. The van der Waals surface area contributed by atoms with E-state index in [0.29, 0.717) is 11.3 Å². The van der Waals surface area contributed by atoms with Crippen molar-refractivity contribution in [2.24, 2.45) is 0 Å². The van der Waals surface area contributed by atoms with E-state index in [9.17, 15) is 13.2 Å². The molecule has 0 aliphatic carbocycles. The number of ether oxygens (including phenoxy) is 1. The van der Waals surface area contributed by atoms with Crippen molar-refractivity contribution in [1.29, 1.82) is 0 Å². The van der Waals surface area contributed by atoms with E-state index in [1.807, 2.05) is 12.1 Å². The molecular weight excluding hydrogens is 350 g/mol. The fraction of sp³-hybridized carbons (Fsp3) is 0.300. The zero-order valence-corrected chi connectivity index (χ0v) is 15.8. The van der Waals surface area contributed by atoms with Crippen LogP contribution in [0.2, 0.25) is 0 Å². The Bertz CT molecular complexity index is 916. The molecule has 0 spiro atoms. The number of sulfone groups is 1. The lowest BCUT2D eigenvalue weighted by molar-refractivity contribution is -0.154. The second kappa shape index (κ2) is 8.15. The molecular formula is C20H21NO4S. The SMILES string of the molecule is CC(C)(C)OC(=O)CCS(=O)(=O)c1ccc(C#Cc2ccccn2)cc1. The quantitative estimate of drug-likeness (QED) is 0.610. The van der Waals surface area contributed by atoms with Crippen molar-refractivity contribution in [2.75, 3.05) is 5.75 Å². The molecule has 136 valence electrons. The average Bonchev–Trinajstić information content (AvgIpc) is 2.58. The van der Waals surface area contributed by atoms with Crippen LogP contribution >= 0.6 is 0 Å². The fourth-order valence-corrected chi connectivity index (χ4v) is 3.27. The minimum Gasteiger partial charge on any atom is -0.460 e. The molecule has 0 atom stereocenters. The normalized spacial score (nSPS) is 11.3. The molecule has 2 aromatic rings. The van der Waals surface area contributed by atoms with Crippen LogP contribution in [-0.4, -0.2) is 30.7 Å². The minimum atomic E-state index is -3.56. The highest BCUT2D eigenvalue weighted by atomic mass is 32.2. The van der Waals surface area contributed by atoms with Gasteiger partial charge in [0.15, 0.2) is 9.84 Å². The van der Waals surface area contributed by atoms with Crippen LogP contribution in [-0.2, 0) is 19.4 Å². The Hall–Kier alpha value is -2.65. The third-order valence-electron chi connectivity index (χ3n) is 3.21. The van der Waals surface area contributed by atoms with Gasteiger partial charge in [-0.1, -0.05) is 12.0 Å². The Morgan fingerprint density at radius 2 is 1.77 bits per heavy atom. The van der Waals surface area contributed by atoms with Crippen LogP contribution < -0.4 is 0 Å². The predicted molar refractivity (Wildman–Crippen MR) is 99.2 cm³/mol. The number of benzene rings is 1. The van der Waals surface area contributed by atoms with Gasteiger partial charge in [-0.2, -0.15) is 0 Å². The number of aromatic nitrogens is 1. The first-order chi connectivity index (χ1) is 12.2. The van der Waals surface area contributed by atoms with E-state index in [2.05, 4.69) is 16.8 Å². The van der Waals surface area contributed by atoms with Crippen LogP contribution in [0, 0.1) is 11.8 Å². The topological polar surface area (TPSA) is 73.3 Å². The standard InChI is InChI=1S/C20H21NO4S/c1-20(2,3)25-19(22)13-15-26(23,24)18-11-8-16(9-12-18)7-10-17-6-4-5-14-21-17/h4-6,8-9,11-12,14H,13,15H2,1-3H3. The van der Waals surface area contributed by atoms with Crippen LogP contribution in [0.3, 0.4) is 0 Å². The van der Waals surface area contributed by atoms with Gasteiger partial charge >= 0.3 is 5.97 Å². The summed E-state index contributed by atoms with van der Waals surface area (Å²) in [6, 6.07) is 11.7. The van der Waals surface area contributed by atoms with Gasteiger partial charge in [-0.05, 0) is 63.1 Å². The second-order valence-electron chi connectivity index (χ2n) is 6.64. The summed E-state index contributed by atoms with van der Waals surface area (Å²) < 4.78 is 29.8. The van der Waals surface area contributed by atoms with Crippen molar-refractivity contribution < 1.29 is 17.9 Å². The number of carbonyl (C=O) groups excluding carboxylic acids is 1. The first kappa shape index (κ1) is 19.7. The summed E-state index contributed by atoms with van der Waals surface area (Å²) in [6.07, 6.45) is 1.48. The molecule has 0 amide bonds. The summed E-state index contributed by atoms with van der Waals surface area (Å²) >= 11 is 0. The molecule has 5 nitrogen and oxygen atoms in total. The number of esters is 1. The monoisotopic (exact) mass is 371 g/mol. The van der Waals surface area contributed by atoms with Gasteiger partial charge in [0.05, 0.1) is 17.1 Å². The molecule has 26 heavy (non-hydrogen) atoms. The van der Waals surface area contributed by atoms with E-state index in [4.69, 9.17) is 4.74 Å². The summed E-state index contributed by atoms with van der Waals surface area (Å²) in [4.78, 5) is 16.0. The van der Waals surface area contributed by atoms with E-state index < -0.39 is 21.4 Å². The predicted octanol–water partition coefficient (Wildman–Crippen LogP) is 2.99. The molecule has 0 saturated carbocycles. The molecule has 1 aromatic heterocycles. The van der Waals surface area contributed by atoms with Crippen LogP contribution in [0.15, 0.2) is 53.6 Å². The lowest BCUT2D eigenvalue weighted by Gasteiger charge is -2.19. The van der Waals surface area contributed by atoms with Gasteiger partial charge in [0, 0.05) is 11.8 Å². The summed E-state index contributed by atoms with van der Waals surface area (Å²) in [5, 5.41) is 0. The van der Waals surface area contributed by atoms with Crippen LogP contribution in [0.25, 0.3) is 0 Å². The van der Waals surface area contributed by atoms with E-state index in [1.165, 1.54) is 12.1 Å². The van der Waals surface area contributed by atoms with E-state index in [-0.39, 0.29) is 17.1 Å². The van der Waals surface area contributed by atoms with Crippen molar-refractivity contribution in [3.05, 3.63) is 59.9 Å². The summed E-state index contributed by atoms with van der Waals surface area (Å²) in [5.41, 5.74) is 0.692. The lowest BCUT2D eigenvalue weighted by atomic mass is 10.2. The smallest absolute Gasteiger partial charge is 0.307 e. The Morgan fingerprint density at radius 3 is 2.35 bits per heavy atom. The van der Waals surface area contributed by atoms with Crippen molar-refractivity contribution in [3.63, 3.8) is 0 Å². The summed E-state index contributed by atoms with van der Waals surface area (Å²) in [5.74, 6) is 5.02. The molecule has 0 N–H and O–H groups in total. The number of hydrogen-bond donors (Lipinski definition) is 0. The van der Waals surface area contributed by atoms with Crippen LogP contribution in [0.5, 0.6) is 0 Å². The average molecular weight is 371 g/mol. The molecule has 2 rings (SSSR count). The van der Waals surface area contributed by atoms with Crippen molar-refractivity contribution in [3.8, 4) is 11.8 Å². The molecule has 0 bridgehead atoms. The molecule has 1 aromatic carbocycles. The minimum absolute atomic E-state index is 0.157. The highest BCUT2D eigenvalue weighted by molar-refractivity contribution is 7.91. The largest absolute Gasteiger partial charge is 0.460 e. The zero-order chi connectivity index (χ0) is 19.2. The third-order valence-corrected chi connectivity index (χ3v) is 4.94. The molecule has 0 saturated heterocycles. The van der Waals surface area contributed by atoms with Gasteiger partial charge in [-0.15, -0.1) is 0 Å². The van der Waals surface area contributed by atoms with Gasteiger partial charge in [0.2, 0.25) is 0 Å². The Kier molecular flexibility index (Phi) is 6.17. The number of nitrogens with zero attached hydrogens (tertiary/aromatic N) is 1. The summed E-state index contributed by atoms with van der Waals surface area (Å²) in [6.45, 7) is 5.22. The molecule has 0 unspecified atom stereocenters. The molecule has 0 aliphatic rings. The van der Waals surface area contributed by atoms with Gasteiger partial charge in [-0.3, -0.25) is 4.79 Å². The third kappa shape index (κ3) is 6.34. The van der Waals surface area contributed by atoms with Crippen LogP contribution in [0.4, 0.5) is 0 Å².